The smallest absolute Gasteiger partial charge is 0.303 e. The maximum Gasteiger partial charge on any atom is 0.303 e. The van der Waals surface area contributed by atoms with Crippen molar-refractivity contribution in [3.05, 3.63) is 11.1 Å². The highest BCUT2D eigenvalue weighted by molar-refractivity contribution is 6.17. The Hall–Kier alpha value is -1.86. The quantitative estimate of drug-likeness (QED) is 0.571. The summed E-state index contributed by atoms with van der Waals surface area (Å²) in [7, 11) is 0. The second kappa shape index (κ2) is 7.57. The van der Waals surface area contributed by atoms with Gasteiger partial charge in [-0.05, 0) is 49.4 Å². The molecule has 0 bridgehead atoms. The Balaban J connectivity index is 1.91. The van der Waals surface area contributed by atoms with Gasteiger partial charge in [-0.25, -0.2) is 0 Å². The standard InChI is InChI=1S/C27H38O7/c1-13(7-8-19(31)32)14-11-18(30)27(6)20-15(28)12-16-24(2,3)17(29)9-10-25(16,4)21(20)22(33)23(34)26(14,27)5/h13-14,16-17,23,29,34H,7-12H2,1-6H3,(H,31,32)/t13-,14-,16?,17+,23-,25+,26+,27+/m1/s1. The Morgan fingerprint density at radius 2 is 1.65 bits per heavy atom. The average molecular weight is 475 g/mol. The van der Waals surface area contributed by atoms with Gasteiger partial charge in [-0.3, -0.25) is 19.2 Å². The van der Waals surface area contributed by atoms with Gasteiger partial charge in [-0.2, -0.15) is 0 Å². The van der Waals surface area contributed by atoms with E-state index in [1.54, 1.807) is 13.8 Å². The summed E-state index contributed by atoms with van der Waals surface area (Å²) in [5.74, 6) is -2.72. The Kier molecular flexibility index (Phi) is 5.62. The number of fused-ring (bicyclic) bond motifs is 4. The van der Waals surface area contributed by atoms with E-state index in [1.165, 1.54) is 0 Å². The van der Waals surface area contributed by atoms with Crippen LogP contribution in [0.2, 0.25) is 0 Å². The fraction of sp³-hybridized carbons (Fsp3) is 0.778. The van der Waals surface area contributed by atoms with Crippen molar-refractivity contribution in [2.75, 3.05) is 0 Å². The maximum absolute atomic E-state index is 14.0. The molecule has 1 unspecified atom stereocenters. The monoisotopic (exact) mass is 474 g/mol. The molecular formula is C27H38O7. The lowest BCUT2D eigenvalue weighted by Gasteiger charge is -2.60. The van der Waals surface area contributed by atoms with Gasteiger partial charge >= 0.3 is 5.97 Å². The number of hydrogen-bond acceptors (Lipinski definition) is 6. The number of aliphatic hydroxyl groups excluding tert-OH is 2. The van der Waals surface area contributed by atoms with Crippen molar-refractivity contribution in [2.24, 2.45) is 39.4 Å². The van der Waals surface area contributed by atoms with Crippen molar-refractivity contribution in [3.8, 4) is 0 Å². The first-order chi connectivity index (χ1) is 15.6. The lowest BCUT2D eigenvalue weighted by molar-refractivity contribution is -0.159. The molecule has 0 saturated heterocycles. The van der Waals surface area contributed by atoms with Crippen LogP contribution in [0.25, 0.3) is 0 Å². The largest absolute Gasteiger partial charge is 0.481 e. The fourth-order valence-corrected chi connectivity index (χ4v) is 8.40. The second-order valence-electron chi connectivity index (χ2n) is 12.5. The summed E-state index contributed by atoms with van der Waals surface area (Å²) in [6.45, 7) is 11.1. The molecule has 0 radical (unpaired) electrons. The minimum Gasteiger partial charge on any atom is -0.481 e. The molecule has 8 atom stereocenters. The van der Waals surface area contributed by atoms with Gasteiger partial charge in [-0.1, -0.05) is 34.6 Å². The number of rotatable bonds is 4. The SMILES string of the molecule is C[C@H](CCC(=O)O)[C@H]1CC(=O)[C@@]2(C)C3=C(C(=O)[C@@H](O)[C@]12C)[C@@]1(C)CC[C@H](O)C(C)(C)C1CC3=O. The van der Waals surface area contributed by atoms with Crippen LogP contribution < -0.4 is 0 Å². The van der Waals surface area contributed by atoms with Crippen molar-refractivity contribution in [1.29, 1.82) is 0 Å². The number of carboxylic acid groups (broad SMARTS) is 1. The highest BCUT2D eigenvalue weighted by Crippen LogP contribution is 2.70. The Morgan fingerprint density at radius 1 is 1.03 bits per heavy atom. The third-order valence-corrected chi connectivity index (χ3v) is 10.8. The molecule has 0 aromatic carbocycles. The number of allylic oxidation sites excluding steroid dienone is 1. The zero-order valence-corrected chi connectivity index (χ0v) is 21.1. The highest BCUT2D eigenvalue weighted by atomic mass is 16.4. The molecule has 2 saturated carbocycles. The lowest BCUT2D eigenvalue weighted by atomic mass is 9.42. The molecule has 2 fully saturated rings. The van der Waals surface area contributed by atoms with Crippen molar-refractivity contribution >= 4 is 23.3 Å². The molecule has 4 aliphatic carbocycles. The minimum atomic E-state index is -1.46. The second-order valence-corrected chi connectivity index (χ2v) is 12.5. The molecule has 4 rings (SSSR count). The van der Waals surface area contributed by atoms with Gasteiger partial charge in [0.15, 0.2) is 11.6 Å². The zero-order chi connectivity index (χ0) is 25.6. The van der Waals surface area contributed by atoms with Crippen LogP contribution in [0.5, 0.6) is 0 Å². The predicted molar refractivity (Wildman–Crippen MR) is 124 cm³/mol. The van der Waals surface area contributed by atoms with E-state index >= 15 is 0 Å². The van der Waals surface area contributed by atoms with Gasteiger partial charge in [0.25, 0.3) is 0 Å². The van der Waals surface area contributed by atoms with Crippen LogP contribution in [-0.2, 0) is 19.2 Å². The highest BCUT2D eigenvalue weighted by Gasteiger charge is 2.73. The number of hydrogen-bond donors (Lipinski definition) is 3. The number of Topliss-reactive ketones (excluding diaryl/α,β-unsaturated/α-hetero) is 3. The van der Waals surface area contributed by atoms with Gasteiger partial charge in [0.2, 0.25) is 0 Å². The van der Waals surface area contributed by atoms with E-state index < -0.39 is 51.5 Å². The molecule has 4 aliphatic rings. The summed E-state index contributed by atoms with van der Waals surface area (Å²) < 4.78 is 0. The first-order valence-corrected chi connectivity index (χ1v) is 12.5. The topological polar surface area (TPSA) is 129 Å². The molecule has 188 valence electrons. The van der Waals surface area contributed by atoms with Gasteiger partial charge < -0.3 is 15.3 Å². The number of ketones is 3. The van der Waals surface area contributed by atoms with Crippen molar-refractivity contribution in [3.63, 3.8) is 0 Å². The summed E-state index contributed by atoms with van der Waals surface area (Å²) in [4.78, 5) is 52.6. The van der Waals surface area contributed by atoms with Crippen LogP contribution in [0.15, 0.2) is 11.1 Å². The van der Waals surface area contributed by atoms with E-state index in [4.69, 9.17) is 5.11 Å². The summed E-state index contributed by atoms with van der Waals surface area (Å²) >= 11 is 0. The maximum atomic E-state index is 14.0. The molecular weight excluding hydrogens is 436 g/mol. The summed E-state index contributed by atoms with van der Waals surface area (Å²) in [6, 6.07) is 0. The normalized spacial score (nSPS) is 44.4. The van der Waals surface area contributed by atoms with E-state index in [9.17, 15) is 29.4 Å². The molecule has 0 amide bonds. The van der Waals surface area contributed by atoms with E-state index in [-0.39, 0.29) is 48.2 Å². The average Bonchev–Trinajstić information content (AvgIpc) is 2.97. The third kappa shape index (κ3) is 2.89. The van der Waals surface area contributed by atoms with Gasteiger partial charge in [0.1, 0.15) is 11.9 Å². The Bertz CT molecular complexity index is 1010. The van der Waals surface area contributed by atoms with Crippen molar-refractivity contribution < 1.29 is 34.5 Å². The first kappa shape index (κ1) is 25.2. The van der Waals surface area contributed by atoms with E-state index in [0.29, 0.717) is 24.8 Å². The molecule has 0 heterocycles. The number of carboxylic acids is 1. The molecule has 7 nitrogen and oxygen atoms in total. The predicted octanol–water partition coefficient (Wildman–Crippen LogP) is 3.11. The molecule has 0 spiro atoms. The van der Waals surface area contributed by atoms with Gasteiger partial charge in [0.05, 0.1) is 11.5 Å². The fourth-order valence-electron chi connectivity index (χ4n) is 8.40. The van der Waals surface area contributed by atoms with Crippen LogP contribution in [0.1, 0.15) is 80.1 Å². The van der Waals surface area contributed by atoms with E-state index in [0.717, 1.165) is 0 Å². The summed E-state index contributed by atoms with van der Waals surface area (Å²) in [5, 5.41) is 31.4. The van der Waals surface area contributed by atoms with Crippen LogP contribution in [0, 0.1) is 39.4 Å². The third-order valence-electron chi connectivity index (χ3n) is 10.8. The van der Waals surface area contributed by atoms with Crippen molar-refractivity contribution in [2.45, 2.75) is 92.3 Å². The summed E-state index contributed by atoms with van der Waals surface area (Å²) in [6.07, 6.45) is -0.556. The Morgan fingerprint density at radius 3 is 2.24 bits per heavy atom. The molecule has 3 N–H and O–H groups in total. The van der Waals surface area contributed by atoms with Crippen LogP contribution in [0.3, 0.4) is 0 Å². The molecule has 0 aromatic rings. The van der Waals surface area contributed by atoms with Crippen LogP contribution in [0.4, 0.5) is 0 Å². The number of carbonyl (C=O) groups excluding carboxylic acids is 3. The molecule has 34 heavy (non-hydrogen) atoms. The van der Waals surface area contributed by atoms with Crippen LogP contribution >= 0.6 is 0 Å². The lowest BCUT2D eigenvalue weighted by Crippen LogP contribution is -2.64. The zero-order valence-electron chi connectivity index (χ0n) is 21.1. The first-order valence-electron chi connectivity index (χ1n) is 12.5. The minimum absolute atomic E-state index is 0.0628. The van der Waals surface area contributed by atoms with Gasteiger partial charge in [-0.15, -0.1) is 0 Å². The Labute approximate surface area is 201 Å². The summed E-state index contributed by atoms with van der Waals surface area (Å²) in [5.41, 5.74) is -3.25. The van der Waals surface area contributed by atoms with Gasteiger partial charge in [0, 0.05) is 41.2 Å². The molecule has 7 heteroatoms. The molecule has 0 aliphatic heterocycles. The van der Waals surface area contributed by atoms with Crippen molar-refractivity contribution in [1.82, 2.24) is 0 Å². The van der Waals surface area contributed by atoms with E-state index in [1.807, 2.05) is 27.7 Å². The number of aliphatic hydroxyl groups is 2. The van der Waals surface area contributed by atoms with Crippen LogP contribution in [-0.4, -0.2) is 50.8 Å². The number of carbonyl (C=O) groups is 4. The number of aliphatic carboxylic acids is 1. The van der Waals surface area contributed by atoms with E-state index in [2.05, 4.69) is 0 Å². The molecule has 0 aromatic heterocycles.